The molecule has 10 nitrogen and oxygen atoms in total. The van der Waals surface area contributed by atoms with Crippen molar-refractivity contribution >= 4 is 31.7 Å². The number of likely N-dealkylation sites (N-methyl/N-ethyl adjacent to an activating group) is 1. The minimum atomic E-state index is -1.96. The van der Waals surface area contributed by atoms with Gasteiger partial charge in [0.05, 0.1) is 22.6 Å². The summed E-state index contributed by atoms with van der Waals surface area (Å²) < 4.78 is 8.25. The van der Waals surface area contributed by atoms with Gasteiger partial charge in [-0.3, -0.25) is 4.79 Å². The van der Waals surface area contributed by atoms with Gasteiger partial charge in [-0.25, -0.2) is 14.6 Å². The van der Waals surface area contributed by atoms with E-state index in [9.17, 15) is 10.1 Å². The van der Waals surface area contributed by atoms with Gasteiger partial charge in [0, 0.05) is 50.5 Å². The number of aromatic nitrogens is 4. The SMILES string of the molecule is Cc1cc(Nc2nccc(-c3cc(C#N)c4c(c3)[C@@](C)(CO[Si](C)(C)C(C)(C)C)CN4)n2)n(CC(=O)N(C)C)n1. The summed E-state index contributed by atoms with van der Waals surface area (Å²) in [7, 11) is 1.47. The second kappa shape index (κ2) is 10.7. The second-order valence-electron chi connectivity index (χ2n) is 12.5. The highest BCUT2D eigenvalue weighted by atomic mass is 28.4. The molecule has 0 bridgehead atoms. The molecule has 2 N–H and O–H groups in total. The second-order valence-corrected chi connectivity index (χ2v) is 17.3. The number of fused-ring (bicyclic) bond motifs is 1. The Balaban J connectivity index is 1.65. The van der Waals surface area contributed by atoms with Crippen LogP contribution in [-0.4, -0.2) is 66.1 Å². The Morgan fingerprint density at radius 1 is 1.30 bits per heavy atom. The third kappa shape index (κ3) is 5.88. The maximum atomic E-state index is 12.3. The number of amides is 1. The first kappa shape index (κ1) is 29.2. The van der Waals surface area contributed by atoms with E-state index in [2.05, 4.69) is 73.6 Å². The van der Waals surface area contributed by atoms with Crippen LogP contribution in [0.5, 0.6) is 0 Å². The van der Waals surface area contributed by atoms with Gasteiger partial charge < -0.3 is 20.0 Å². The van der Waals surface area contributed by atoms with E-state index < -0.39 is 8.32 Å². The van der Waals surface area contributed by atoms with Crippen LogP contribution in [0.25, 0.3) is 11.3 Å². The lowest BCUT2D eigenvalue weighted by molar-refractivity contribution is -0.129. The fraction of sp³-hybridized carbons (Fsp3) is 0.483. The molecular formula is C29H40N8O2Si. The third-order valence-corrected chi connectivity index (χ3v) is 12.5. The number of nitrogens with one attached hydrogen (secondary N) is 2. The monoisotopic (exact) mass is 560 g/mol. The first-order chi connectivity index (χ1) is 18.6. The average molecular weight is 561 g/mol. The van der Waals surface area contributed by atoms with Crippen LogP contribution < -0.4 is 10.6 Å². The molecular weight excluding hydrogens is 520 g/mol. The van der Waals surface area contributed by atoms with E-state index in [0.29, 0.717) is 36.2 Å². The predicted molar refractivity (Wildman–Crippen MR) is 160 cm³/mol. The summed E-state index contributed by atoms with van der Waals surface area (Å²) in [5.41, 5.74) is 4.50. The molecule has 1 aliphatic heterocycles. The molecule has 1 amide bonds. The molecule has 0 aliphatic carbocycles. The maximum absolute atomic E-state index is 12.3. The molecule has 1 atom stereocenters. The van der Waals surface area contributed by atoms with Crippen LogP contribution in [0.15, 0.2) is 30.5 Å². The number of carbonyl (C=O) groups excluding carboxylic acids is 1. The van der Waals surface area contributed by atoms with Gasteiger partial charge in [-0.05, 0) is 48.8 Å². The molecule has 0 unspecified atom stereocenters. The van der Waals surface area contributed by atoms with Crippen LogP contribution in [0.4, 0.5) is 17.5 Å². The highest BCUT2D eigenvalue weighted by Crippen LogP contribution is 2.44. The van der Waals surface area contributed by atoms with Crippen LogP contribution >= 0.6 is 0 Å². The summed E-state index contributed by atoms with van der Waals surface area (Å²) >= 11 is 0. The van der Waals surface area contributed by atoms with Gasteiger partial charge >= 0.3 is 0 Å². The predicted octanol–water partition coefficient (Wildman–Crippen LogP) is 5.06. The van der Waals surface area contributed by atoms with Gasteiger partial charge in [-0.15, -0.1) is 0 Å². The van der Waals surface area contributed by atoms with Gasteiger partial charge in [0.25, 0.3) is 0 Å². The number of hydrogen-bond donors (Lipinski definition) is 2. The van der Waals surface area contributed by atoms with Crippen molar-refractivity contribution in [1.29, 1.82) is 5.26 Å². The molecule has 1 aliphatic rings. The molecule has 1 aromatic carbocycles. The molecule has 212 valence electrons. The minimum absolute atomic E-state index is 0.0721. The number of hydrogen-bond acceptors (Lipinski definition) is 8. The smallest absolute Gasteiger partial charge is 0.243 e. The molecule has 0 radical (unpaired) electrons. The van der Waals surface area contributed by atoms with Gasteiger partial charge in [-0.2, -0.15) is 10.4 Å². The van der Waals surface area contributed by atoms with E-state index in [0.717, 1.165) is 22.5 Å². The van der Waals surface area contributed by atoms with Crippen LogP contribution in [0.1, 0.15) is 44.5 Å². The molecule has 2 aromatic heterocycles. The normalized spacial score (nSPS) is 16.7. The molecule has 4 rings (SSSR count). The largest absolute Gasteiger partial charge is 0.416 e. The fourth-order valence-corrected chi connectivity index (χ4v) is 5.45. The van der Waals surface area contributed by atoms with Gasteiger partial charge in [0.15, 0.2) is 8.32 Å². The zero-order valence-electron chi connectivity index (χ0n) is 25.0. The summed E-state index contributed by atoms with van der Waals surface area (Å²) in [5.74, 6) is 0.922. The number of rotatable bonds is 8. The van der Waals surface area contributed by atoms with E-state index in [-0.39, 0.29) is 22.9 Å². The summed E-state index contributed by atoms with van der Waals surface area (Å²) in [5, 5.41) is 21.2. The minimum Gasteiger partial charge on any atom is -0.416 e. The molecule has 40 heavy (non-hydrogen) atoms. The van der Waals surface area contributed by atoms with Crippen LogP contribution in [-0.2, 0) is 21.2 Å². The number of aryl methyl sites for hydroxylation is 1. The first-order valence-corrected chi connectivity index (χ1v) is 16.4. The van der Waals surface area contributed by atoms with Crippen molar-refractivity contribution in [2.75, 3.05) is 37.9 Å². The molecule has 0 saturated heterocycles. The topological polar surface area (TPSA) is 121 Å². The molecule has 0 fully saturated rings. The zero-order valence-corrected chi connectivity index (χ0v) is 26.0. The van der Waals surface area contributed by atoms with Crippen molar-refractivity contribution in [1.82, 2.24) is 24.6 Å². The summed E-state index contributed by atoms with van der Waals surface area (Å²) in [6.07, 6.45) is 1.68. The number of benzene rings is 1. The highest BCUT2D eigenvalue weighted by molar-refractivity contribution is 6.74. The van der Waals surface area contributed by atoms with E-state index in [1.54, 1.807) is 25.0 Å². The van der Waals surface area contributed by atoms with E-state index in [1.165, 1.54) is 4.90 Å². The van der Waals surface area contributed by atoms with Crippen molar-refractivity contribution in [3.63, 3.8) is 0 Å². The lowest BCUT2D eigenvalue weighted by atomic mass is 9.83. The lowest BCUT2D eigenvalue weighted by Crippen LogP contribution is -2.45. The maximum Gasteiger partial charge on any atom is 0.243 e. The zero-order chi connectivity index (χ0) is 29.5. The van der Waals surface area contributed by atoms with Crippen LogP contribution in [0, 0.1) is 18.3 Å². The van der Waals surface area contributed by atoms with Crippen molar-refractivity contribution in [2.45, 2.75) is 64.7 Å². The Morgan fingerprint density at radius 3 is 2.67 bits per heavy atom. The van der Waals surface area contributed by atoms with Crippen molar-refractivity contribution < 1.29 is 9.22 Å². The van der Waals surface area contributed by atoms with Crippen LogP contribution in [0.2, 0.25) is 18.1 Å². The molecule has 3 heterocycles. The molecule has 3 aromatic rings. The Kier molecular flexibility index (Phi) is 7.80. The Bertz CT molecular complexity index is 1470. The van der Waals surface area contributed by atoms with E-state index >= 15 is 0 Å². The van der Waals surface area contributed by atoms with Gasteiger partial charge in [-0.1, -0.05) is 27.7 Å². The van der Waals surface area contributed by atoms with Crippen molar-refractivity contribution in [3.05, 3.63) is 47.3 Å². The lowest BCUT2D eigenvalue weighted by Gasteiger charge is -2.39. The quantitative estimate of drug-likeness (QED) is 0.367. The Labute approximate surface area is 237 Å². The Morgan fingerprint density at radius 2 is 2.02 bits per heavy atom. The first-order valence-electron chi connectivity index (χ1n) is 13.4. The van der Waals surface area contributed by atoms with Gasteiger partial charge in [0.2, 0.25) is 11.9 Å². The van der Waals surface area contributed by atoms with E-state index in [4.69, 9.17) is 9.41 Å². The Hall–Kier alpha value is -3.75. The standard InChI is InChI=1S/C29H40N8O2Si/c1-19-12-24(37(35-19)16-25(38)36(6)7)34-27-31-11-10-23(33-27)20-13-21(15-30)26-22(14-20)29(5,17-32-26)18-39-40(8,9)28(2,3)4/h10-14,32H,16-18H2,1-9H3,(H,31,33,34)/t29-/m1/s1. The molecule has 11 heteroatoms. The summed E-state index contributed by atoms with van der Waals surface area (Å²) in [4.78, 5) is 23.0. The van der Waals surface area contributed by atoms with Crippen molar-refractivity contribution in [2.24, 2.45) is 0 Å². The van der Waals surface area contributed by atoms with Crippen LogP contribution in [0.3, 0.4) is 0 Å². The fourth-order valence-electron chi connectivity index (χ4n) is 4.34. The number of anilines is 3. The number of carbonyl (C=O) groups is 1. The molecule has 0 spiro atoms. The average Bonchev–Trinajstić information content (AvgIpc) is 3.40. The molecule has 0 saturated carbocycles. The van der Waals surface area contributed by atoms with E-state index in [1.807, 2.05) is 25.1 Å². The summed E-state index contributed by atoms with van der Waals surface area (Å²) in [6, 6.07) is 10.0. The highest BCUT2D eigenvalue weighted by Gasteiger charge is 2.42. The van der Waals surface area contributed by atoms with Crippen molar-refractivity contribution in [3.8, 4) is 17.3 Å². The van der Waals surface area contributed by atoms with Gasteiger partial charge in [0.1, 0.15) is 18.4 Å². The number of nitrogens with zero attached hydrogens (tertiary/aromatic N) is 6. The third-order valence-electron chi connectivity index (χ3n) is 8.00. The number of nitriles is 1. The summed E-state index contributed by atoms with van der Waals surface area (Å²) in [6.45, 7) is 16.7.